The van der Waals surface area contributed by atoms with Crippen LogP contribution in [-0.4, -0.2) is 53.9 Å². The van der Waals surface area contributed by atoms with Crippen molar-refractivity contribution < 1.29 is 23.5 Å². The Morgan fingerprint density at radius 2 is 1.85 bits per heavy atom. The largest absolute Gasteiger partial charge is 0.464 e. The summed E-state index contributed by atoms with van der Waals surface area (Å²) in [7, 11) is 0. The van der Waals surface area contributed by atoms with Crippen molar-refractivity contribution in [1.82, 2.24) is 9.88 Å². The molecule has 33 heavy (non-hydrogen) atoms. The topological polar surface area (TPSA) is 88.0 Å². The van der Waals surface area contributed by atoms with Gasteiger partial charge in [-0.25, -0.2) is 9.59 Å². The Morgan fingerprint density at radius 3 is 2.70 bits per heavy atom. The van der Waals surface area contributed by atoms with Crippen molar-refractivity contribution in [2.24, 2.45) is 0 Å². The van der Waals surface area contributed by atoms with E-state index in [2.05, 4.69) is 22.9 Å². The van der Waals surface area contributed by atoms with Gasteiger partial charge in [-0.05, 0) is 48.7 Å². The second-order valence-electron chi connectivity index (χ2n) is 8.59. The summed E-state index contributed by atoms with van der Waals surface area (Å²) < 4.78 is 16.9. The third-order valence-electron chi connectivity index (χ3n) is 6.59. The number of nitrogens with one attached hydrogen (secondary N) is 1. The van der Waals surface area contributed by atoms with Crippen molar-refractivity contribution in [3.8, 4) is 0 Å². The van der Waals surface area contributed by atoms with Gasteiger partial charge in [-0.15, -0.1) is 0 Å². The third kappa shape index (κ3) is 3.17. The van der Waals surface area contributed by atoms with Crippen LogP contribution >= 0.6 is 0 Å². The smallest absolute Gasteiger partial charge is 0.422 e. The fraction of sp³-hybridized carbons (Fsp3) is 0.280. The lowest BCUT2D eigenvalue weighted by Crippen LogP contribution is -2.64. The van der Waals surface area contributed by atoms with Gasteiger partial charge in [0.2, 0.25) is 0 Å². The van der Waals surface area contributed by atoms with E-state index in [9.17, 15) is 9.59 Å². The summed E-state index contributed by atoms with van der Waals surface area (Å²) in [6.07, 6.45) is 4.44. The van der Waals surface area contributed by atoms with Crippen LogP contribution in [0.2, 0.25) is 0 Å². The number of hydrogen-bond acceptors (Lipinski definition) is 7. The number of nitrogens with zero attached hydrogens (tertiary/aromatic N) is 2. The van der Waals surface area contributed by atoms with Gasteiger partial charge in [-0.1, -0.05) is 18.2 Å². The minimum absolute atomic E-state index is 0.264. The Hall–Kier alpha value is -3.78. The molecule has 0 unspecified atom stereocenters. The van der Waals surface area contributed by atoms with Gasteiger partial charge in [0.15, 0.2) is 0 Å². The standard InChI is InChI=1S/C25H23N3O5/c1-16-4-2-7-21-22(16)17(14-31-21)9-11-27-12-13-28(25(15-27)32-23(29)24(30)33-25)20-6-3-5-19-18(20)8-10-26-19/h2-8,10,14,26H,9,11-13,15H2,1H3. The fourth-order valence-corrected chi connectivity index (χ4v) is 5.03. The van der Waals surface area contributed by atoms with Gasteiger partial charge in [0.1, 0.15) is 5.58 Å². The van der Waals surface area contributed by atoms with E-state index in [0.29, 0.717) is 13.1 Å². The number of benzene rings is 2. The van der Waals surface area contributed by atoms with Crippen LogP contribution in [0, 0.1) is 6.92 Å². The van der Waals surface area contributed by atoms with E-state index in [1.807, 2.05) is 53.8 Å². The number of furan rings is 1. The molecule has 6 rings (SSSR count). The number of piperazine rings is 1. The maximum absolute atomic E-state index is 12.1. The zero-order chi connectivity index (χ0) is 22.6. The Kier molecular flexibility index (Phi) is 4.45. The average molecular weight is 445 g/mol. The Labute approximate surface area is 189 Å². The van der Waals surface area contributed by atoms with E-state index in [1.54, 1.807) is 0 Å². The molecule has 168 valence electrons. The van der Waals surface area contributed by atoms with Crippen LogP contribution in [0.4, 0.5) is 5.69 Å². The van der Waals surface area contributed by atoms with E-state index in [1.165, 1.54) is 5.56 Å². The molecule has 0 aliphatic carbocycles. The van der Waals surface area contributed by atoms with E-state index in [0.717, 1.165) is 46.1 Å². The van der Waals surface area contributed by atoms with Crippen LogP contribution in [0.5, 0.6) is 0 Å². The van der Waals surface area contributed by atoms with E-state index >= 15 is 0 Å². The van der Waals surface area contributed by atoms with Crippen LogP contribution in [0.15, 0.2) is 59.3 Å². The maximum atomic E-state index is 12.1. The number of fused-ring (bicyclic) bond motifs is 2. The van der Waals surface area contributed by atoms with Crippen LogP contribution in [-0.2, 0) is 25.5 Å². The molecule has 0 atom stereocenters. The van der Waals surface area contributed by atoms with Crippen molar-refractivity contribution >= 4 is 39.5 Å². The predicted molar refractivity (Wildman–Crippen MR) is 122 cm³/mol. The first-order valence-corrected chi connectivity index (χ1v) is 11.0. The molecule has 8 heteroatoms. The van der Waals surface area contributed by atoms with Crippen molar-refractivity contribution in [3.05, 3.63) is 66.1 Å². The molecular weight excluding hydrogens is 422 g/mol. The van der Waals surface area contributed by atoms with Crippen LogP contribution in [0.3, 0.4) is 0 Å². The van der Waals surface area contributed by atoms with Crippen molar-refractivity contribution in [3.63, 3.8) is 0 Å². The monoisotopic (exact) mass is 445 g/mol. The Balaban J connectivity index is 1.28. The van der Waals surface area contributed by atoms with E-state index in [-0.39, 0.29) is 6.54 Å². The normalized spacial score (nSPS) is 18.4. The molecule has 0 bridgehead atoms. The van der Waals surface area contributed by atoms with Gasteiger partial charge in [0, 0.05) is 42.1 Å². The Morgan fingerprint density at radius 1 is 1.03 bits per heavy atom. The Bertz CT molecular complexity index is 1370. The molecule has 2 aliphatic heterocycles. The summed E-state index contributed by atoms with van der Waals surface area (Å²) >= 11 is 0. The molecule has 1 N–H and O–H groups in total. The first-order chi connectivity index (χ1) is 16.0. The molecule has 4 heterocycles. The van der Waals surface area contributed by atoms with Gasteiger partial charge >= 0.3 is 17.8 Å². The number of aromatic amines is 1. The van der Waals surface area contributed by atoms with Crippen molar-refractivity contribution in [2.45, 2.75) is 19.3 Å². The molecule has 0 saturated carbocycles. The quantitative estimate of drug-likeness (QED) is 0.381. The number of carbonyl (C=O) groups is 2. The molecule has 8 nitrogen and oxygen atoms in total. The maximum Gasteiger partial charge on any atom is 0.422 e. The lowest BCUT2D eigenvalue weighted by molar-refractivity contribution is -0.192. The van der Waals surface area contributed by atoms with Gasteiger partial charge in [-0.2, -0.15) is 0 Å². The highest BCUT2D eigenvalue weighted by Crippen LogP contribution is 2.38. The van der Waals surface area contributed by atoms with Gasteiger partial charge in [0.05, 0.1) is 18.5 Å². The SMILES string of the molecule is Cc1cccc2occ(CCN3CCN(c4cccc5[nH]ccc45)C4(C3)OC(=O)C(=O)O4)c12. The van der Waals surface area contributed by atoms with E-state index < -0.39 is 17.8 Å². The first-order valence-electron chi connectivity index (χ1n) is 11.0. The summed E-state index contributed by atoms with van der Waals surface area (Å²) in [6.45, 7) is 4.32. The number of esters is 2. The highest BCUT2D eigenvalue weighted by molar-refractivity contribution is 6.31. The minimum atomic E-state index is -1.48. The molecule has 2 aromatic heterocycles. The summed E-state index contributed by atoms with van der Waals surface area (Å²) in [6, 6.07) is 13.9. The fourth-order valence-electron chi connectivity index (χ4n) is 5.03. The van der Waals surface area contributed by atoms with Crippen LogP contribution in [0.25, 0.3) is 21.9 Å². The number of carbonyl (C=O) groups excluding carboxylic acids is 2. The second-order valence-corrected chi connectivity index (χ2v) is 8.59. The summed E-state index contributed by atoms with van der Waals surface area (Å²) in [4.78, 5) is 31.5. The highest BCUT2D eigenvalue weighted by Gasteiger charge is 2.56. The zero-order valence-electron chi connectivity index (χ0n) is 18.2. The number of aromatic nitrogens is 1. The molecular formula is C25H23N3O5. The van der Waals surface area contributed by atoms with Crippen molar-refractivity contribution in [1.29, 1.82) is 0 Å². The summed E-state index contributed by atoms with van der Waals surface area (Å²) in [5.41, 5.74) is 5.01. The number of aryl methyl sites for hydroxylation is 1. The lowest BCUT2D eigenvalue weighted by atomic mass is 10.0. The average Bonchev–Trinajstić information content (AvgIpc) is 3.51. The van der Waals surface area contributed by atoms with Crippen LogP contribution in [0.1, 0.15) is 11.1 Å². The zero-order valence-corrected chi connectivity index (χ0v) is 18.2. The minimum Gasteiger partial charge on any atom is -0.464 e. The van der Waals surface area contributed by atoms with Gasteiger partial charge < -0.3 is 18.9 Å². The summed E-state index contributed by atoms with van der Waals surface area (Å²) in [5, 5.41) is 2.12. The molecule has 2 saturated heterocycles. The molecule has 0 amide bonds. The molecule has 1 spiro atoms. The van der Waals surface area contributed by atoms with E-state index in [4.69, 9.17) is 13.9 Å². The lowest BCUT2D eigenvalue weighted by Gasteiger charge is -2.46. The number of anilines is 1. The number of rotatable bonds is 4. The number of ether oxygens (including phenoxy) is 2. The van der Waals surface area contributed by atoms with Gasteiger partial charge in [0.25, 0.3) is 0 Å². The number of H-pyrrole nitrogens is 1. The molecule has 0 radical (unpaired) electrons. The third-order valence-corrected chi connectivity index (χ3v) is 6.59. The molecule has 4 aromatic rings. The molecule has 2 aromatic carbocycles. The number of hydrogen-bond donors (Lipinski definition) is 1. The molecule has 2 fully saturated rings. The highest BCUT2D eigenvalue weighted by atomic mass is 16.8. The molecule has 2 aliphatic rings. The predicted octanol–water partition coefficient (Wildman–Crippen LogP) is 3.34. The second kappa shape index (κ2) is 7.38. The van der Waals surface area contributed by atoms with Crippen LogP contribution < -0.4 is 4.90 Å². The first kappa shape index (κ1) is 19.9. The summed E-state index contributed by atoms with van der Waals surface area (Å²) in [5.74, 6) is -3.40. The van der Waals surface area contributed by atoms with Crippen molar-refractivity contribution in [2.75, 3.05) is 31.1 Å². The van der Waals surface area contributed by atoms with Gasteiger partial charge in [-0.3, -0.25) is 9.80 Å².